The summed E-state index contributed by atoms with van der Waals surface area (Å²) >= 11 is 0. The summed E-state index contributed by atoms with van der Waals surface area (Å²) < 4.78 is 10.3. The predicted octanol–water partition coefficient (Wildman–Crippen LogP) is 7.93. The van der Waals surface area contributed by atoms with Crippen LogP contribution in [0, 0.1) is 0 Å². The van der Waals surface area contributed by atoms with E-state index in [0.717, 1.165) is 95.0 Å². The van der Waals surface area contributed by atoms with Crippen molar-refractivity contribution >= 4 is 24.4 Å². The monoisotopic (exact) mass is 929 g/mol. The van der Waals surface area contributed by atoms with Gasteiger partial charge in [0.2, 0.25) is 0 Å². The van der Waals surface area contributed by atoms with Gasteiger partial charge in [-0.3, -0.25) is 29.2 Å². The summed E-state index contributed by atoms with van der Waals surface area (Å²) in [5.74, 6) is 0.836. The minimum absolute atomic E-state index is 0.144. The SMILES string of the molecule is CCCN(CCC)CCCCN(CC(=O)OCC)Cc1ccc(CN)cc1.CCCN(CCC)CCCCN(CC(=O)OCC)Cc1ccc(CN=Cc2ncc[nH]2)cc1.O=Cc1ncc[nH]1. The van der Waals surface area contributed by atoms with Crippen LogP contribution in [0.1, 0.15) is 132 Å². The Morgan fingerprint density at radius 3 is 1.30 bits per heavy atom. The van der Waals surface area contributed by atoms with Crippen molar-refractivity contribution in [2.24, 2.45) is 10.7 Å². The minimum Gasteiger partial charge on any atom is -0.465 e. The Bertz CT molecular complexity index is 1810. The van der Waals surface area contributed by atoms with Gasteiger partial charge in [0.05, 0.1) is 39.1 Å². The fourth-order valence-electron chi connectivity index (χ4n) is 7.46. The number of H-pyrrole nitrogens is 2. The van der Waals surface area contributed by atoms with Gasteiger partial charge in [-0.25, -0.2) is 9.97 Å². The Kier molecular flexibility index (Phi) is 32.9. The van der Waals surface area contributed by atoms with Crippen LogP contribution < -0.4 is 5.73 Å². The Morgan fingerprint density at radius 2 is 0.955 bits per heavy atom. The smallest absolute Gasteiger partial charge is 0.320 e. The zero-order valence-corrected chi connectivity index (χ0v) is 41.8. The van der Waals surface area contributed by atoms with E-state index in [1.165, 1.54) is 56.1 Å². The lowest BCUT2D eigenvalue weighted by atomic mass is 10.1. The van der Waals surface area contributed by atoms with E-state index in [4.69, 9.17) is 15.2 Å². The lowest BCUT2D eigenvalue weighted by molar-refractivity contribution is -0.145. The zero-order valence-electron chi connectivity index (χ0n) is 41.8. The van der Waals surface area contributed by atoms with Crippen molar-refractivity contribution in [2.45, 2.75) is 119 Å². The van der Waals surface area contributed by atoms with Crippen molar-refractivity contribution in [3.63, 3.8) is 0 Å². The molecule has 4 N–H and O–H groups in total. The molecule has 15 heteroatoms. The van der Waals surface area contributed by atoms with Crippen LogP contribution >= 0.6 is 0 Å². The van der Waals surface area contributed by atoms with E-state index >= 15 is 0 Å². The number of carbonyl (C=O) groups excluding carboxylic acids is 3. The molecule has 2 heterocycles. The molecule has 0 aliphatic heterocycles. The van der Waals surface area contributed by atoms with E-state index in [2.05, 4.69) is 121 Å². The Morgan fingerprint density at radius 1 is 0.567 bits per heavy atom. The van der Waals surface area contributed by atoms with Crippen molar-refractivity contribution in [1.82, 2.24) is 39.5 Å². The van der Waals surface area contributed by atoms with Crippen LogP contribution in [-0.4, -0.2) is 143 Å². The molecule has 67 heavy (non-hydrogen) atoms. The lowest BCUT2D eigenvalue weighted by Crippen LogP contribution is -2.32. The van der Waals surface area contributed by atoms with Gasteiger partial charge >= 0.3 is 11.9 Å². The number of benzene rings is 2. The highest BCUT2D eigenvalue weighted by atomic mass is 16.5. The van der Waals surface area contributed by atoms with Gasteiger partial charge in [0.1, 0.15) is 5.82 Å². The highest BCUT2D eigenvalue weighted by Gasteiger charge is 2.14. The fraction of sp³-hybridized carbons (Fsp3) is 0.577. The number of carbonyl (C=O) groups is 3. The maximum absolute atomic E-state index is 12.1. The number of nitrogens with two attached hydrogens (primary N) is 1. The van der Waals surface area contributed by atoms with Crippen LogP contribution in [0.2, 0.25) is 0 Å². The third-order valence-electron chi connectivity index (χ3n) is 10.6. The number of aromatic amines is 2. The number of aldehydes is 1. The van der Waals surface area contributed by atoms with Gasteiger partial charge < -0.3 is 35.0 Å². The highest BCUT2D eigenvalue weighted by Crippen LogP contribution is 2.12. The Hall–Kier alpha value is -5.06. The third kappa shape index (κ3) is 28.0. The van der Waals surface area contributed by atoms with E-state index in [-0.39, 0.29) is 11.9 Å². The molecule has 4 rings (SSSR count). The molecule has 4 aromatic rings. The standard InChI is InChI=1S/C26H41N5O2.C22H39N3O2.C4H4N2O/c1-4-15-30(16-5-2)17-7-8-18-31(22-26(32)33-6-3)21-24-11-9-23(10-12-24)19-27-20-25-28-13-14-29-25;1-4-13-24(14-5-2)15-7-8-16-25(19-22(26)27-6-3)18-21-11-9-20(17-23)10-12-21;7-3-4-5-1-2-6-4/h9-14,20H,4-8,15-19,21-22H2,1-3H3,(H,28,29);9-12H,4-8,13-19,23H2,1-3H3;1-3H,(H,5,6). The molecule has 0 atom stereocenters. The fourth-order valence-corrected chi connectivity index (χ4v) is 7.46. The van der Waals surface area contributed by atoms with Crippen molar-refractivity contribution in [1.29, 1.82) is 0 Å². The van der Waals surface area contributed by atoms with E-state index in [1.54, 1.807) is 24.8 Å². The molecular formula is C52H84N10O5. The number of nitrogens with zero attached hydrogens (tertiary/aromatic N) is 7. The van der Waals surface area contributed by atoms with Gasteiger partial charge in [-0.05, 0) is 140 Å². The van der Waals surface area contributed by atoms with Crippen LogP contribution in [0.15, 0.2) is 78.3 Å². The summed E-state index contributed by atoms with van der Waals surface area (Å²) in [5.41, 5.74) is 10.3. The van der Waals surface area contributed by atoms with Crippen LogP contribution in [0.25, 0.3) is 0 Å². The number of hydrogen-bond acceptors (Lipinski definition) is 13. The summed E-state index contributed by atoms with van der Waals surface area (Å²) in [4.78, 5) is 61.2. The van der Waals surface area contributed by atoms with Gasteiger partial charge in [-0.1, -0.05) is 76.2 Å². The number of nitrogens with one attached hydrogen (secondary N) is 2. The van der Waals surface area contributed by atoms with E-state index in [0.29, 0.717) is 51.5 Å². The van der Waals surface area contributed by atoms with Gasteiger partial charge in [0.15, 0.2) is 12.1 Å². The van der Waals surface area contributed by atoms with Crippen LogP contribution in [0.5, 0.6) is 0 Å². The summed E-state index contributed by atoms with van der Waals surface area (Å²) in [6.45, 7) is 25.6. The Balaban J connectivity index is 0.000000406. The van der Waals surface area contributed by atoms with Crippen molar-refractivity contribution < 1.29 is 23.9 Å². The molecule has 0 radical (unpaired) electrons. The number of aromatic nitrogens is 4. The molecule has 0 spiro atoms. The van der Waals surface area contributed by atoms with Gasteiger partial charge in [0.25, 0.3) is 0 Å². The normalized spacial score (nSPS) is 11.2. The summed E-state index contributed by atoms with van der Waals surface area (Å²) in [5, 5.41) is 0. The highest BCUT2D eigenvalue weighted by molar-refractivity contribution is 5.74. The number of unbranched alkanes of at least 4 members (excludes halogenated alkanes) is 2. The van der Waals surface area contributed by atoms with Crippen molar-refractivity contribution in [3.8, 4) is 0 Å². The number of hydrogen-bond donors (Lipinski definition) is 3. The first-order chi connectivity index (χ1) is 32.7. The molecule has 2 aromatic carbocycles. The molecule has 15 nitrogen and oxygen atoms in total. The molecule has 372 valence electrons. The van der Waals surface area contributed by atoms with Gasteiger partial charge in [-0.15, -0.1) is 0 Å². The number of aliphatic imine (C=N–C) groups is 1. The second-order valence-electron chi connectivity index (χ2n) is 16.5. The predicted molar refractivity (Wildman–Crippen MR) is 271 cm³/mol. The van der Waals surface area contributed by atoms with E-state index in [1.807, 2.05) is 13.8 Å². The zero-order chi connectivity index (χ0) is 48.7. The quantitative estimate of drug-likeness (QED) is 0.0182. The maximum Gasteiger partial charge on any atom is 0.320 e. The van der Waals surface area contributed by atoms with Crippen molar-refractivity contribution in [3.05, 3.63) is 107 Å². The summed E-state index contributed by atoms with van der Waals surface area (Å²) in [7, 11) is 0. The molecule has 0 amide bonds. The first kappa shape index (κ1) is 58.1. The number of ether oxygens (including phenoxy) is 2. The number of esters is 2. The van der Waals surface area contributed by atoms with E-state index < -0.39 is 0 Å². The molecule has 0 fully saturated rings. The third-order valence-corrected chi connectivity index (χ3v) is 10.6. The molecule has 0 saturated carbocycles. The van der Waals surface area contributed by atoms with Crippen LogP contribution in [0.4, 0.5) is 0 Å². The average Bonchev–Trinajstić information content (AvgIpc) is 4.07. The summed E-state index contributed by atoms with van der Waals surface area (Å²) in [6.07, 6.45) is 18.3. The summed E-state index contributed by atoms with van der Waals surface area (Å²) in [6, 6.07) is 16.8. The average molecular weight is 929 g/mol. The molecule has 2 aromatic heterocycles. The lowest BCUT2D eigenvalue weighted by Gasteiger charge is -2.24. The molecule has 0 saturated heterocycles. The first-order valence-corrected chi connectivity index (χ1v) is 24.7. The Labute approximate surface area is 402 Å². The molecule has 0 aliphatic rings. The molecular weight excluding hydrogens is 845 g/mol. The van der Waals surface area contributed by atoms with Crippen LogP contribution in [-0.2, 0) is 45.2 Å². The largest absolute Gasteiger partial charge is 0.465 e. The van der Waals surface area contributed by atoms with Crippen molar-refractivity contribution in [2.75, 3.05) is 78.7 Å². The number of imidazole rings is 2. The molecule has 0 aliphatic carbocycles. The van der Waals surface area contributed by atoms with E-state index in [9.17, 15) is 14.4 Å². The second-order valence-corrected chi connectivity index (χ2v) is 16.5. The van der Waals surface area contributed by atoms with Gasteiger partial charge in [0, 0.05) is 44.4 Å². The topological polar surface area (TPSA) is 178 Å². The maximum atomic E-state index is 12.1. The first-order valence-electron chi connectivity index (χ1n) is 24.7. The number of rotatable bonds is 33. The molecule has 0 unspecified atom stereocenters. The minimum atomic E-state index is -0.153. The second kappa shape index (κ2) is 38.0. The molecule has 0 bridgehead atoms. The van der Waals surface area contributed by atoms with Crippen LogP contribution in [0.3, 0.4) is 0 Å². The van der Waals surface area contributed by atoms with Gasteiger partial charge in [-0.2, -0.15) is 0 Å².